The van der Waals surface area contributed by atoms with Crippen molar-refractivity contribution in [1.29, 1.82) is 0 Å². The molecule has 108 valence electrons. The van der Waals surface area contributed by atoms with Crippen molar-refractivity contribution in [1.82, 2.24) is 4.98 Å². The van der Waals surface area contributed by atoms with Crippen LogP contribution in [-0.2, 0) is 4.79 Å². The summed E-state index contributed by atoms with van der Waals surface area (Å²) in [5.41, 5.74) is 1.41. The van der Waals surface area contributed by atoms with Crippen molar-refractivity contribution >= 4 is 17.6 Å². The Morgan fingerprint density at radius 2 is 1.90 bits per heavy atom. The Kier molecular flexibility index (Phi) is 4.27. The number of carbonyl (C=O) groups excluding carboxylic acids is 1. The number of carboxylic acid groups (broad SMARTS) is 1. The molecule has 1 N–H and O–H groups in total. The summed E-state index contributed by atoms with van der Waals surface area (Å²) < 4.78 is 13.2. The molecule has 0 spiro atoms. The number of aromatic nitrogens is 1. The van der Waals surface area contributed by atoms with Crippen LogP contribution in [0.2, 0.25) is 0 Å². The summed E-state index contributed by atoms with van der Waals surface area (Å²) >= 11 is 0. The van der Waals surface area contributed by atoms with Crippen molar-refractivity contribution in [3.05, 3.63) is 59.7 Å². The van der Waals surface area contributed by atoms with Crippen molar-refractivity contribution in [2.24, 2.45) is 0 Å². The molecule has 0 fully saturated rings. The van der Waals surface area contributed by atoms with Crippen LogP contribution in [0.4, 0.5) is 10.1 Å². The molecule has 21 heavy (non-hydrogen) atoms. The van der Waals surface area contributed by atoms with Gasteiger partial charge < -0.3 is 5.11 Å². The standard InChI is InChI=1S/C15H13FN2O3/c1-10-2-4-13(5-3-10)18(9-14(19)20)15(21)11-6-12(16)8-17-7-11/h2-8H,9H2,1H3,(H,19,20). The fourth-order valence-electron chi connectivity index (χ4n) is 1.82. The van der Waals surface area contributed by atoms with E-state index in [-0.39, 0.29) is 5.56 Å². The maximum absolute atomic E-state index is 13.2. The zero-order chi connectivity index (χ0) is 15.4. The molecular weight excluding hydrogens is 275 g/mol. The highest BCUT2D eigenvalue weighted by Gasteiger charge is 2.21. The van der Waals surface area contributed by atoms with Gasteiger partial charge in [-0.1, -0.05) is 17.7 Å². The lowest BCUT2D eigenvalue weighted by molar-refractivity contribution is -0.135. The SMILES string of the molecule is Cc1ccc(N(CC(=O)O)C(=O)c2cncc(F)c2)cc1. The predicted octanol–water partition coefficient (Wildman–Crippen LogP) is 2.26. The number of aryl methyl sites for hydroxylation is 1. The third-order valence-corrected chi connectivity index (χ3v) is 2.84. The molecule has 6 heteroatoms. The summed E-state index contributed by atoms with van der Waals surface area (Å²) in [6, 6.07) is 7.84. The van der Waals surface area contributed by atoms with E-state index in [0.29, 0.717) is 5.69 Å². The topological polar surface area (TPSA) is 70.5 Å². The molecule has 0 aliphatic carbocycles. The van der Waals surface area contributed by atoms with Gasteiger partial charge in [0.05, 0.1) is 11.8 Å². The van der Waals surface area contributed by atoms with Gasteiger partial charge in [0.25, 0.3) is 5.91 Å². The van der Waals surface area contributed by atoms with Crippen LogP contribution >= 0.6 is 0 Å². The van der Waals surface area contributed by atoms with Crippen LogP contribution in [0.5, 0.6) is 0 Å². The van der Waals surface area contributed by atoms with Crippen LogP contribution in [0.3, 0.4) is 0 Å². The van der Waals surface area contributed by atoms with Crippen molar-refractivity contribution in [3.8, 4) is 0 Å². The number of carboxylic acids is 1. The maximum atomic E-state index is 13.2. The first-order valence-electron chi connectivity index (χ1n) is 6.18. The summed E-state index contributed by atoms with van der Waals surface area (Å²) in [5.74, 6) is -2.43. The fraction of sp³-hybridized carbons (Fsp3) is 0.133. The average Bonchev–Trinajstić information content (AvgIpc) is 2.45. The number of hydrogen-bond donors (Lipinski definition) is 1. The van der Waals surface area contributed by atoms with E-state index in [9.17, 15) is 14.0 Å². The number of aliphatic carboxylic acids is 1. The second kappa shape index (κ2) is 6.13. The van der Waals surface area contributed by atoms with Gasteiger partial charge in [-0.15, -0.1) is 0 Å². The summed E-state index contributed by atoms with van der Waals surface area (Å²) in [6.07, 6.45) is 2.18. The van der Waals surface area contributed by atoms with Gasteiger partial charge in [0.2, 0.25) is 0 Å². The second-order valence-corrected chi connectivity index (χ2v) is 4.51. The quantitative estimate of drug-likeness (QED) is 0.936. The minimum absolute atomic E-state index is 0.00294. The zero-order valence-electron chi connectivity index (χ0n) is 11.3. The molecule has 1 amide bonds. The molecule has 1 aromatic heterocycles. The van der Waals surface area contributed by atoms with E-state index in [4.69, 9.17) is 5.11 Å². The first kappa shape index (κ1) is 14.6. The van der Waals surface area contributed by atoms with E-state index in [0.717, 1.165) is 22.7 Å². The number of rotatable bonds is 4. The van der Waals surface area contributed by atoms with Crippen molar-refractivity contribution < 1.29 is 19.1 Å². The van der Waals surface area contributed by atoms with Crippen molar-refractivity contribution in [2.75, 3.05) is 11.4 Å². The third kappa shape index (κ3) is 3.62. The third-order valence-electron chi connectivity index (χ3n) is 2.84. The first-order valence-corrected chi connectivity index (χ1v) is 6.18. The molecule has 1 aromatic carbocycles. The van der Waals surface area contributed by atoms with Gasteiger partial charge in [0.15, 0.2) is 0 Å². The Morgan fingerprint density at radius 3 is 2.48 bits per heavy atom. The molecule has 1 heterocycles. The van der Waals surface area contributed by atoms with E-state index in [2.05, 4.69) is 4.98 Å². The predicted molar refractivity (Wildman–Crippen MR) is 74.7 cm³/mol. The lowest BCUT2D eigenvalue weighted by Gasteiger charge is -2.21. The van der Waals surface area contributed by atoms with E-state index >= 15 is 0 Å². The van der Waals surface area contributed by atoms with E-state index in [1.54, 1.807) is 24.3 Å². The molecule has 5 nitrogen and oxygen atoms in total. The van der Waals surface area contributed by atoms with Crippen LogP contribution < -0.4 is 4.90 Å². The number of halogens is 1. The molecule has 0 radical (unpaired) electrons. The second-order valence-electron chi connectivity index (χ2n) is 4.51. The molecule has 2 rings (SSSR count). The van der Waals surface area contributed by atoms with Gasteiger partial charge in [-0.25, -0.2) is 4.39 Å². The highest BCUT2D eigenvalue weighted by atomic mass is 19.1. The monoisotopic (exact) mass is 288 g/mol. The molecule has 0 unspecified atom stereocenters. The Morgan fingerprint density at radius 1 is 1.24 bits per heavy atom. The smallest absolute Gasteiger partial charge is 0.323 e. The molecule has 2 aromatic rings. The number of nitrogens with zero attached hydrogens (tertiary/aromatic N) is 2. The van der Waals surface area contributed by atoms with Crippen LogP contribution in [0.15, 0.2) is 42.7 Å². The number of carbonyl (C=O) groups is 2. The summed E-state index contributed by atoms with van der Waals surface area (Å²) in [6.45, 7) is 1.36. The molecule has 0 bridgehead atoms. The largest absolute Gasteiger partial charge is 0.480 e. The lowest BCUT2D eigenvalue weighted by Crippen LogP contribution is -2.35. The normalized spacial score (nSPS) is 10.2. The Hall–Kier alpha value is -2.76. The Balaban J connectivity index is 2.38. The molecule has 0 aliphatic heterocycles. The zero-order valence-corrected chi connectivity index (χ0v) is 11.3. The molecule has 0 atom stereocenters. The number of anilines is 1. The molecular formula is C15H13FN2O3. The summed E-state index contributed by atoms with van der Waals surface area (Å²) in [4.78, 5) is 28.0. The van der Waals surface area contributed by atoms with Crippen LogP contribution in [-0.4, -0.2) is 28.5 Å². The van der Waals surface area contributed by atoms with Crippen molar-refractivity contribution in [2.45, 2.75) is 6.92 Å². The van der Waals surface area contributed by atoms with E-state index in [1.165, 1.54) is 6.20 Å². The summed E-state index contributed by atoms with van der Waals surface area (Å²) in [7, 11) is 0. The lowest BCUT2D eigenvalue weighted by atomic mass is 10.2. The summed E-state index contributed by atoms with van der Waals surface area (Å²) in [5, 5.41) is 8.97. The van der Waals surface area contributed by atoms with Gasteiger partial charge in [-0.2, -0.15) is 0 Å². The first-order chi connectivity index (χ1) is 9.97. The van der Waals surface area contributed by atoms with Gasteiger partial charge in [0.1, 0.15) is 12.4 Å². The minimum atomic E-state index is -1.16. The van der Waals surface area contributed by atoms with E-state index in [1.807, 2.05) is 6.92 Å². The molecule has 0 saturated carbocycles. The van der Waals surface area contributed by atoms with E-state index < -0.39 is 24.2 Å². The van der Waals surface area contributed by atoms with Gasteiger partial charge in [-0.05, 0) is 25.1 Å². The Bertz CT molecular complexity index is 671. The minimum Gasteiger partial charge on any atom is -0.480 e. The van der Waals surface area contributed by atoms with Crippen LogP contribution in [0.1, 0.15) is 15.9 Å². The number of benzene rings is 1. The van der Waals surface area contributed by atoms with Gasteiger partial charge in [-0.3, -0.25) is 19.5 Å². The van der Waals surface area contributed by atoms with Crippen LogP contribution in [0, 0.1) is 12.7 Å². The maximum Gasteiger partial charge on any atom is 0.323 e. The van der Waals surface area contributed by atoms with Gasteiger partial charge >= 0.3 is 5.97 Å². The number of hydrogen-bond acceptors (Lipinski definition) is 3. The highest BCUT2D eigenvalue weighted by Crippen LogP contribution is 2.18. The highest BCUT2D eigenvalue weighted by molar-refractivity contribution is 6.08. The molecule has 0 saturated heterocycles. The fourth-order valence-corrected chi connectivity index (χ4v) is 1.82. The average molecular weight is 288 g/mol. The number of pyridine rings is 1. The van der Waals surface area contributed by atoms with Crippen molar-refractivity contribution in [3.63, 3.8) is 0 Å². The Labute approximate surface area is 120 Å². The van der Waals surface area contributed by atoms with Crippen LogP contribution in [0.25, 0.3) is 0 Å². The van der Waals surface area contributed by atoms with Gasteiger partial charge in [0, 0.05) is 11.9 Å². The molecule has 0 aliphatic rings. The number of amides is 1.